The van der Waals surface area contributed by atoms with E-state index >= 15 is 0 Å². The number of aromatic amines is 1. The molecule has 2 aliphatic rings. The molecule has 1 aliphatic carbocycles. The van der Waals surface area contributed by atoms with E-state index in [2.05, 4.69) is 28.1 Å². The van der Waals surface area contributed by atoms with Crippen molar-refractivity contribution < 1.29 is 5.11 Å². The Morgan fingerprint density at radius 1 is 1.05 bits per heavy atom. The SMILES string of the molecule is OC1CCCCC1N1CCC(c2nc3ccccc3[nH]2)CC1. The molecule has 0 spiro atoms. The first kappa shape index (κ1) is 14.2. The molecule has 2 heterocycles. The van der Waals surface area contributed by atoms with E-state index in [-0.39, 0.29) is 6.10 Å². The van der Waals surface area contributed by atoms with Crippen LogP contribution in [0.25, 0.3) is 11.0 Å². The second-order valence-corrected chi connectivity index (χ2v) is 6.87. The van der Waals surface area contributed by atoms with Crippen LogP contribution in [0.15, 0.2) is 24.3 Å². The summed E-state index contributed by atoms with van der Waals surface area (Å²) in [5, 5.41) is 10.2. The molecule has 4 heteroatoms. The van der Waals surface area contributed by atoms with Gasteiger partial charge in [0.1, 0.15) is 5.82 Å². The number of rotatable bonds is 2. The first-order valence-corrected chi connectivity index (χ1v) is 8.68. The number of nitrogens with zero attached hydrogens (tertiary/aromatic N) is 2. The highest BCUT2D eigenvalue weighted by molar-refractivity contribution is 5.74. The molecule has 2 aromatic rings. The Balaban J connectivity index is 1.43. The number of aliphatic hydroxyl groups is 1. The minimum Gasteiger partial charge on any atom is -0.391 e. The van der Waals surface area contributed by atoms with E-state index in [9.17, 15) is 5.11 Å². The van der Waals surface area contributed by atoms with Crippen molar-refractivity contribution >= 4 is 11.0 Å². The van der Waals surface area contributed by atoms with Crippen molar-refractivity contribution in [3.63, 3.8) is 0 Å². The van der Waals surface area contributed by atoms with Gasteiger partial charge in [0.25, 0.3) is 0 Å². The van der Waals surface area contributed by atoms with Crippen molar-refractivity contribution in [2.24, 2.45) is 0 Å². The molecule has 1 aromatic carbocycles. The monoisotopic (exact) mass is 299 g/mol. The van der Waals surface area contributed by atoms with E-state index in [4.69, 9.17) is 4.98 Å². The Morgan fingerprint density at radius 2 is 1.82 bits per heavy atom. The van der Waals surface area contributed by atoms with Gasteiger partial charge in [0, 0.05) is 12.0 Å². The number of aromatic nitrogens is 2. The predicted molar refractivity (Wildman–Crippen MR) is 87.9 cm³/mol. The molecular weight excluding hydrogens is 274 g/mol. The standard InChI is InChI=1S/C18H25N3O/c22-17-8-4-3-7-16(17)21-11-9-13(10-12-21)18-19-14-5-1-2-6-15(14)20-18/h1-2,5-6,13,16-17,22H,3-4,7-12H2,(H,19,20). The first-order chi connectivity index (χ1) is 10.8. The van der Waals surface area contributed by atoms with Crippen LogP contribution in [-0.2, 0) is 0 Å². The van der Waals surface area contributed by atoms with Crippen molar-refractivity contribution in [3.8, 4) is 0 Å². The number of para-hydroxylation sites is 2. The molecule has 0 bridgehead atoms. The predicted octanol–water partition coefficient (Wildman–Crippen LogP) is 3.05. The minimum absolute atomic E-state index is 0.114. The maximum atomic E-state index is 10.2. The van der Waals surface area contributed by atoms with Crippen LogP contribution >= 0.6 is 0 Å². The molecule has 118 valence electrons. The summed E-state index contributed by atoms with van der Waals surface area (Å²) in [4.78, 5) is 10.8. The van der Waals surface area contributed by atoms with Gasteiger partial charge in [-0.25, -0.2) is 4.98 Å². The maximum absolute atomic E-state index is 10.2. The first-order valence-electron chi connectivity index (χ1n) is 8.68. The second kappa shape index (κ2) is 6.01. The average molecular weight is 299 g/mol. The normalized spacial score (nSPS) is 28.2. The zero-order valence-electron chi connectivity index (χ0n) is 13.0. The molecule has 4 nitrogen and oxygen atoms in total. The summed E-state index contributed by atoms with van der Waals surface area (Å²) in [5.74, 6) is 1.68. The number of hydrogen-bond acceptors (Lipinski definition) is 3. The van der Waals surface area contributed by atoms with Crippen molar-refractivity contribution in [1.29, 1.82) is 0 Å². The fourth-order valence-corrected chi connectivity index (χ4v) is 4.19. The van der Waals surface area contributed by atoms with Gasteiger partial charge in [0.05, 0.1) is 17.1 Å². The number of benzene rings is 1. The van der Waals surface area contributed by atoms with E-state index in [1.807, 2.05) is 6.07 Å². The van der Waals surface area contributed by atoms with Crippen molar-refractivity contribution in [2.75, 3.05) is 13.1 Å². The van der Waals surface area contributed by atoms with Crippen LogP contribution in [0.2, 0.25) is 0 Å². The molecule has 1 saturated heterocycles. The largest absolute Gasteiger partial charge is 0.391 e. The molecular formula is C18H25N3O. The van der Waals surface area contributed by atoms with Crippen LogP contribution in [0.1, 0.15) is 50.3 Å². The molecule has 0 amide bonds. The van der Waals surface area contributed by atoms with Crippen molar-refractivity contribution in [2.45, 2.75) is 56.6 Å². The summed E-state index contributed by atoms with van der Waals surface area (Å²) in [6.07, 6.45) is 6.77. The van der Waals surface area contributed by atoms with Gasteiger partial charge in [-0.05, 0) is 50.9 Å². The lowest BCUT2D eigenvalue weighted by atomic mass is 9.88. The highest BCUT2D eigenvalue weighted by Crippen LogP contribution is 2.31. The summed E-state index contributed by atoms with van der Waals surface area (Å²) in [6, 6.07) is 8.66. The molecule has 1 aliphatic heterocycles. The number of H-pyrrole nitrogens is 1. The van der Waals surface area contributed by atoms with Gasteiger partial charge in [-0.1, -0.05) is 25.0 Å². The molecule has 2 atom stereocenters. The smallest absolute Gasteiger partial charge is 0.110 e. The van der Waals surface area contributed by atoms with Gasteiger partial charge in [-0.15, -0.1) is 0 Å². The number of fused-ring (bicyclic) bond motifs is 1. The van der Waals surface area contributed by atoms with E-state index in [1.54, 1.807) is 0 Å². The molecule has 2 N–H and O–H groups in total. The van der Waals surface area contributed by atoms with Gasteiger partial charge in [0.2, 0.25) is 0 Å². The summed E-state index contributed by atoms with van der Waals surface area (Å²) >= 11 is 0. The molecule has 2 unspecified atom stereocenters. The molecule has 0 radical (unpaired) electrons. The van der Waals surface area contributed by atoms with Crippen LogP contribution in [0.5, 0.6) is 0 Å². The van der Waals surface area contributed by atoms with E-state index < -0.39 is 0 Å². The Kier molecular flexibility index (Phi) is 3.89. The van der Waals surface area contributed by atoms with E-state index in [0.717, 1.165) is 55.6 Å². The maximum Gasteiger partial charge on any atom is 0.110 e. The van der Waals surface area contributed by atoms with Gasteiger partial charge in [-0.3, -0.25) is 4.90 Å². The van der Waals surface area contributed by atoms with Gasteiger partial charge < -0.3 is 10.1 Å². The Morgan fingerprint density at radius 3 is 2.59 bits per heavy atom. The van der Waals surface area contributed by atoms with E-state index in [1.165, 1.54) is 12.8 Å². The van der Waals surface area contributed by atoms with Crippen molar-refractivity contribution in [1.82, 2.24) is 14.9 Å². The lowest BCUT2D eigenvalue weighted by molar-refractivity contribution is 0.00839. The molecule has 22 heavy (non-hydrogen) atoms. The number of hydrogen-bond donors (Lipinski definition) is 2. The number of aliphatic hydroxyl groups excluding tert-OH is 1. The second-order valence-electron chi connectivity index (χ2n) is 6.87. The van der Waals surface area contributed by atoms with Gasteiger partial charge >= 0.3 is 0 Å². The molecule has 1 aromatic heterocycles. The topological polar surface area (TPSA) is 52.1 Å². The zero-order chi connectivity index (χ0) is 14.9. The van der Waals surface area contributed by atoms with E-state index in [0.29, 0.717) is 12.0 Å². The quantitative estimate of drug-likeness (QED) is 0.896. The number of imidazole rings is 1. The third kappa shape index (κ3) is 2.66. The third-order valence-electron chi connectivity index (χ3n) is 5.49. The van der Waals surface area contributed by atoms with Crippen LogP contribution in [0.3, 0.4) is 0 Å². The fraction of sp³-hybridized carbons (Fsp3) is 0.611. The summed E-state index contributed by atoms with van der Waals surface area (Å²) in [6.45, 7) is 2.17. The third-order valence-corrected chi connectivity index (χ3v) is 5.49. The number of likely N-dealkylation sites (tertiary alicyclic amines) is 1. The summed E-state index contributed by atoms with van der Waals surface area (Å²) in [5.41, 5.74) is 2.21. The number of piperidine rings is 1. The minimum atomic E-state index is -0.114. The van der Waals surface area contributed by atoms with Crippen molar-refractivity contribution in [3.05, 3.63) is 30.1 Å². The fourth-order valence-electron chi connectivity index (χ4n) is 4.19. The van der Waals surface area contributed by atoms with Gasteiger partial charge in [0.15, 0.2) is 0 Å². The highest BCUT2D eigenvalue weighted by atomic mass is 16.3. The van der Waals surface area contributed by atoms with Crippen LogP contribution in [0.4, 0.5) is 0 Å². The highest BCUT2D eigenvalue weighted by Gasteiger charge is 2.32. The van der Waals surface area contributed by atoms with Gasteiger partial charge in [-0.2, -0.15) is 0 Å². The molecule has 4 rings (SSSR count). The Bertz CT molecular complexity index is 597. The Hall–Kier alpha value is -1.39. The van der Waals surface area contributed by atoms with Crippen LogP contribution in [0, 0.1) is 0 Å². The van der Waals surface area contributed by atoms with Crippen LogP contribution < -0.4 is 0 Å². The summed E-state index contributed by atoms with van der Waals surface area (Å²) in [7, 11) is 0. The average Bonchev–Trinajstić information content (AvgIpc) is 2.99. The molecule has 1 saturated carbocycles. The Labute approximate surface area is 131 Å². The van der Waals surface area contributed by atoms with Crippen LogP contribution in [-0.4, -0.2) is 45.2 Å². The lowest BCUT2D eigenvalue weighted by Crippen LogP contribution is -2.48. The zero-order valence-corrected chi connectivity index (χ0v) is 13.0. The number of nitrogens with one attached hydrogen (secondary N) is 1. The lowest BCUT2D eigenvalue weighted by Gasteiger charge is -2.41. The molecule has 2 fully saturated rings. The summed E-state index contributed by atoms with van der Waals surface area (Å²) < 4.78 is 0.